The molecule has 0 atom stereocenters. The van der Waals surface area contributed by atoms with Crippen molar-refractivity contribution >= 4 is 11.6 Å². The largest absolute Gasteiger partial charge is 0.333 e. The lowest BCUT2D eigenvalue weighted by molar-refractivity contribution is 1.14. The van der Waals surface area contributed by atoms with E-state index < -0.39 is 0 Å². The molecule has 0 amide bonds. The predicted octanol–water partition coefficient (Wildman–Crippen LogP) is 3.05. The maximum Gasteiger partial charge on any atom is 0.134 e. The van der Waals surface area contributed by atoms with Crippen LogP contribution in [0.4, 0.5) is 0 Å². The highest BCUT2D eigenvalue weighted by atomic mass is 35.5. The molecule has 0 bridgehead atoms. The van der Waals surface area contributed by atoms with Crippen molar-refractivity contribution in [1.82, 2.24) is 15.0 Å². The van der Waals surface area contributed by atoms with Gasteiger partial charge in [-0.3, -0.25) is 4.98 Å². The Balaban J connectivity index is 2.59. The van der Waals surface area contributed by atoms with E-state index in [-0.39, 0.29) is 0 Å². The summed E-state index contributed by atoms with van der Waals surface area (Å²) in [7, 11) is 0. The third-order valence-corrected chi connectivity index (χ3v) is 2.55. The Morgan fingerprint density at radius 3 is 2.53 bits per heavy atom. The molecule has 2 aromatic heterocycles. The summed E-state index contributed by atoms with van der Waals surface area (Å²) in [4.78, 5) is 11.6. The smallest absolute Gasteiger partial charge is 0.134 e. The number of hydrogen-bond acceptors (Lipinski definition) is 2. The average molecular weight is 222 g/mol. The fraction of sp³-hybridized carbons (Fsp3) is 0.273. The first-order valence-corrected chi connectivity index (χ1v) is 5.11. The summed E-state index contributed by atoms with van der Waals surface area (Å²) in [6.45, 7) is 5.88. The zero-order valence-electron chi connectivity index (χ0n) is 8.93. The quantitative estimate of drug-likeness (QED) is 0.804. The lowest BCUT2D eigenvalue weighted by Crippen LogP contribution is -1.89. The van der Waals surface area contributed by atoms with E-state index in [1.165, 1.54) is 0 Å². The minimum Gasteiger partial charge on any atom is -0.333 e. The van der Waals surface area contributed by atoms with Gasteiger partial charge >= 0.3 is 0 Å². The summed E-state index contributed by atoms with van der Waals surface area (Å²) < 4.78 is 0. The Morgan fingerprint density at radius 2 is 2.00 bits per heavy atom. The Bertz CT molecular complexity index is 503. The van der Waals surface area contributed by atoms with Crippen LogP contribution in [0.2, 0.25) is 5.15 Å². The molecule has 2 rings (SSSR count). The van der Waals surface area contributed by atoms with Gasteiger partial charge in [0.05, 0.1) is 0 Å². The van der Waals surface area contributed by atoms with Crippen LogP contribution in [0.15, 0.2) is 12.3 Å². The number of nitrogens with zero attached hydrogens (tertiary/aromatic N) is 2. The highest BCUT2D eigenvalue weighted by molar-refractivity contribution is 6.31. The third-order valence-electron chi connectivity index (χ3n) is 2.28. The molecule has 78 valence electrons. The molecular formula is C11H12ClN3. The minimum absolute atomic E-state index is 0.571. The number of hydrogen-bond donors (Lipinski definition) is 1. The van der Waals surface area contributed by atoms with Gasteiger partial charge in [0.1, 0.15) is 16.7 Å². The molecule has 0 aromatic carbocycles. The topological polar surface area (TPSA) is 41.6 Å². The predicted molar refractivity (Wildman–Crippen MR) is 61.0 cm³/mol. The van der Waals surface area contributed by atoms with Gasteiger partial charge < -0.3 is 4.98 Å². The van der Waals surface area contributed by atoms with Crippen LogP contribution < -0.4 is 0 Å². The lowest BCUT2D eigenvalue weighted by Gasteiger charge is -2.03. The van der Waals surface area contributed by atoms with Crippen LogP contribution in [0.25, 0.3) is 11.3 Å². The Kier molecular flexibility index (Phi) is 2.49. The van der Waals surface area contributed by atoms with Crippen LogP contribution >= 0.6 is 11.6 Å². The molecule has 0 aliphatic rings. The monoisotopic (exact) mass is 221 g/mol. The SMILES string of the molecule is Cc1cc(C)c(-c2nc(C)[nH]c2Cl)cn1. The Labute approximate surface area is 93.5 Å². The average Bonchev–Trinajstić information content (AvgIpc) is 2.45. The standard InChI is InChI=1S/C11H12ClN3/c1-6-4-7(2)13-5-9(6)10-11(12)15-8(3)14-10/h4-5H,1-3H3,(H,14,15). The summed E-state index contributed by atoms with van der Waals surface area (Å²) in [5.74, 6) is 0.815. The van der Waals surface area contributed by atoms with E-state index in [0.717, 1.165) is 28.3 Å². The maximum absolute atomic E-state index is 6.05. The molecule has 0 radical (unpaired) electrons. The second-order valence-electron chi connectivity index (χ2n) is 3.63. The van der Waals surface area contributed by atoms with Gasteiger partial charge in [0.15, 0.2) is 0 Å². The van der Waals surface area contributed by atoms with Crippen LogP contribution in [0, 0.1) is 20.8 Å². The van der Waals surface area contributed by atoms with Crippen LogP contribution in [-0.4, -0.2) is 15.0 Å². The molecule has 1 N–H and O–H groups in total. The van der Waals surface area contributed by atoms with Crippen molar-refractivity contribution in [2.24, 2.45) is 0 Å². The Hall–Kier alpha value is -1.35. The third kappa shape index (κ3) is 1.88. The molecule has 0 aliphatic heterocycles. The van der Waals surface area contributed by atoms with Crippen molar-refractivity contribution in [3.05, 3.63) is 34.5 Å². The molecule has 0 aliphatic carbocycles. The number of aromatic nitrogens is 3. The molecule has 4 heteroatoms. The first-order chi connectivity index (χ1) is 7.08. The molecule has 0 saturated carbocycles. The molecule has 0 fully saturated rings. The van der Waals surface area contributed by atoms with Crippen molar-refractivity contribution in [3.8, 4) is 11.3 Å². The molecule has 15 heavy (non-hydrogen) atoms. The van der Waals surface area contributed by atoms with Crippen molar-refractivity contribution in [2.75, 3.05) is 0 Å². The Morgan fingerprint density at radius 1 is 1.27 bits per heavy atom. The highest BCUT2D eigenvalue weighted by Gasteiger charge is 2.11. The van der Waals surface area contributed by atoms with E-state index in [9.17, 15) is 0 Å². The second kappa shape index (κ2) is 3.66. The van der Waals surface area contributed by atoms with Crippen LogP contribution in [-0.2, 0) is 0 Å². The number of halogens is 1. The second-order valence-corrected chi connectivity index (χ2v) is 4.00. The fourth-order valence-corrected chi connectivity index (χ4v) is 1.87. The van der Waals surface area contributed by atoms with Crippen LogP contribution in [0.5, 0.6) is 0 Å². The highest BCUT2D eigenvalue weighted by Crippen LogP contribution is 2.27. The summed E-state index contributed by atoms with van der Waals surface area (Å²) in [5, 5.41) is 0.571. The maximum atomic E-state index is 6.05. The van der Waals surface area contributed by atoms with E-state index in [0.29, 0.717) is 5.15 Å². The summed E-state index contributed by atoms with van der Waals surface area (Å²) in [5.41, 5.74) is 3.89. The first-order valence-electron chi connectivity index (χ1n) is 4.73. The van der Waals surface area contributed by atoms with Crippen molar-refractivity contribution in [3.63, 3.8) is 0 Å². The summed E-state index contributed by atoms with van der Waals surface area (Å²) in [6.07, 6.45) is 1.81. The number of H-pyrrole nitrogens is 1. The van der Waals surface area contributed by atoms with Gasteiger partial charge in [-0.25, -0.2) is 4.98 Å². The molecule has 0 unspecified atom stereocenters. The molecule has 0 saturated heterocycles. The lowest BCUT2D eigenvalue weighted by atomic mass is 10.1. The van der Waals surface area contributed by atoms with E-state index in [4.69, 9.17) is 11.6 Å². The molecule has 2 heterocycles. The number of imidazole rings is 1. The molecular weight excluding hydrogens is 210 g/mol. The van der Waals surface area contributed by atoms with Crippen molar-refractivity contribution < 1.29 is 0 Å². The van der Waals surface area contributed by atoms with Gasteiger partial charge in [0.25, 0.3) is 0 Å². The molecule has 3 nitrogen and oxygen atoms in total. The molecule has 2 aromatic rings. The van der Waals surface area contributed by atoms with E-state index in [2.05, 4.69) is 15.0 Å². The van der Waals surface area contributed by atoms with E-state index in [1.54, 1.807) is 0 Å². The van der Waals surface area contributed by atoms with Gasteiger partial charge in [0, 0.05) is 17.5 Å². The van der Waals surface area contributed by atoms with E-state index in [1.807, 2.05) is 33.0 Å². The van der Waals surface area contributed by atoms with Gasteiger partial charge in [0.2, 0.25) is 0 Å². The summed E-state index contributed by atoms with van der Waals surface area (Å²) in [6, 6.07) is 2.02. The number of aryl methyl sites for hydroxylation is 3. The number of aromatic amines is 1. The normalized spacial score (nSPS) is 10.7. The summed E-state index contributed by atoms with van der Waals surface area (Å²) >= 11 is 6.05. The van der Waals surface area contributed by atoms with Gasteiger partial charge in [-0.2, -0.15) is 0 Å². The van der Waals surface area contributed by atoms with Gasteiger partial charge in [-0.15, -0.1) is 0 Å². The fourth-order valence-electron chi connectivity index (χ4n) is 1.59. The zero-order chi connectivity index (χ0) is 11.0. The number of rotatable bonds is 1. The molecule has 0 spiro atoms. The van der Waals surface area contributed by atoms with Crippen molar-refractivity contribution in [2.45, 2.75) is 20.8 Å². The minimum atomic E-state index is 0.571. The number of pyridine rings is 1. The zero-order valence-corrected chi connectivity index (χ0v) is 9.68. The number of nitrogens with one attached hydrogen (secondary N) is 1. The van der Waals surface area contributed by atoms with Crippen LogP contribution in [0.1, 0.15) is 17.1 Å². The first kappa shape index (κ1) is 10.2. The van der Waals surface area contributed by atoms with Crippen molar-refractivity contribution in [1.29, 1.82) is 0 Å². The van der Waals surface area contributed by atoms with Gasteiger partial charge in [-0.1, -0.05) is 11.6 Å². The van der Waals surface area contributed by atoms with Gasteiger partial charge in [-0.05, 0) is 32.4 Å². The van der Waals surface area contributed by atoms with E-state index >= 15 is 0 Å². The van der Waals surface area contributed by atoms with Crippen LogP contribution in [0.3, 0.4) is 0 Å².